The molecule has 3 aliphatic rings. The van der Waals surface area contributed by atoms with Gasteiger partial charge in [0.2, 0.25) is 0 Å². The summed E-state index contributed by atoms with van der Waals surface area (Å²) in [6.45, 7) is 16.8. The Hall–Kier alpha value is -0.120. The van der Waals surface area contributed by atoms with Crippen LogP contribution in [-0.4, -0.2) is 61.3 Å². The molecule has 0 aromatic rings. The highest BCUT2D eigenvalue weighted by Gasteiger charge is 2.46. The fourth-order valence-electron chi connectivity index (χ4n) is 4.64. The lowest BCUT2D eigenvalue weighted by Crippen LogP contribution is -2.50. The van der Waals surface area contributed by atoms with Crippen LogP contribution in [0.25, 0.3) is 0 Å². The Labute approximate surface area is 150 Å². The third-order valence-electron chi connectivity index (χ3n) is 7.17. The van der Waals surface area contributed by atoms with Crippen molar-refractivity contribution >= 4 is 0 Å². The lowest BCUT2D eigenvalue weighted by atomic mass is 9.86. The summed E-state index contributed by atoms with van der Waals surface area (Å²) in [5.74, 6) is 1.70. The van der Waals surface area contributed by atoms with Crippen molar-refractivity contribution in [1.29, 1.82) is 0 Å². The average Bonchev–Trinajstić information content (AvgIpc) is 3.36. The Balaban J connectivity index is 1.31. The van der Waals surface area contributed by atoms with Gasteiger partial charge in [-0.1, -0.05) is 13.8 Å². The highest BCUT2D eigenvalue weighted by atomic mass is 16.5. The molecule has 140 valence electrons. The Morgan fingerprint density at radius 2 is 1.54 bits per heavy atom. The van der Waals surface area contributed by atoms with Gasteiger partial charge in [-0.15, -0.1) is 0 Å². The molecule has 1 saturated heterocycles. The van der Waals surface area contributed by atoms with E-state index in [-0.39, 0.29) is 0 Å². The molecule has 0 bridgehead atoms. The van der Waals surface area contributed by atoms with E-state index in [1.165, 1.54) is 71.2 Å². The van der Waals surface area contributed by atoms with Gasteiger partial charge in [-0.05, 0) is 69.6 Å². The van der Waals surface area contributed by atoms with E-state index in [1.54, 1.807) is 0 Å². The first-order valence-corrected chi connectivity index (χ1v) is 10.6. The molecule has 0 aromatic heterocycles. The van der Waals surface area contributed by atoms with E-state index in [4.69, 9.17) is 4.74 Å². The molecule has 0 unspecified atom stereocenters. The van der Waals surface area contributed by atoms with Crippen LogP contribution in [0.2, 0.25) is 0 Å². The zero-order valence-electron chi connectivity index (χ0n) is 16.6. The van der Waals surface area contributed by atoms with Crippen LogP contribution in [0.15, 0.2) is 0 Å². The molecule has 0 radical (unpaired) electrons. The second kappa shape index (κ2) is 8.05. The van der Waals surface area contributed by atoms with Crippen LogP contribution in [-0.2, 0) is 4.74 Å². The summed E-state index contributed by atoms with van der Waals surface area (Å²) >= 11 is 0. The molecule has 3 heteroatoms. The second-order valence-electron chi connectivity index (χ2n) is 9.40. The summed E-state index contributed by atoms with van der Waals surface area (Å²) in [4.78, 5) is 5.33. The zero-order valence-corrected chi connectivity index (χ0v) is 16.6. The highest BCUT2D eigenvalue weighted by molar-refractivity contribution is 4.95. The first kappa shape index (κ1) is 18.7. The fourth-order valence-corrected chi connectivity index (χ4v) is 4.64. The standard InChI is InChI=1S/C21H40N2O/c1-17(2)21(9-10-21)16-24-20-7-5-19(6-8-20)15-22-11-13-23(14-12-22)18(3)4/h17-20H,5-16H2,1-4H3. The summed E-state index contributed by atoms with van der Waals surface area (Å²) < 4.78 is 6.33. The van der Waals surface area contributed by atoms with Crippen molar-refractivity contribution in [3.8, 4) is 0 Å². The first-order valence-electron chi connectivity index (χ1n) is 10.6. The normalized spacial score (nSPS) is 31.8. The van der Waals surface area contributed by atoms with E-state index in [0.717, 1.165) is 18.4 Å². The lowest BCUT2D eigenvalue weighted by Gasteiger charge is -2.39. The molecule has 1 aliphatic heterocycles. The molecule has 0 spiro atoms. The second-order valence-corrected chi connectivity index (χ2v) is 9.40. The van der Waals surface area contributed by atoms with Gasteiger partial charge in [-0.25, -0.2) is 0 Å². The molecule has 0 aromatic carbocycles. The monoisotopic (exact) mass is 336 g/mol. The molecular weight excluding hydrogens is 296 g/mol. The van der Waals surface area contributed by atoms with Crippen LogP contribution >= 0.6 is 0 Å². The molecule has 2 saturated carbocycles. The van der Waals surface area contributed by atoms with E-state index in [1.807, 2.05) is 0 Å². The molecule has 3 fully saturated rings. The number of hydrogen-bond donors (Lipinski definition) is 0. The quantitative estimate of drug-likeness (QED) is 0.698. The maximum Gasteiger partial charge on any atom is 0.0575 e. The van der Waals surface area contributed by atoms with Gasteiger partial charge >= 0.3 is 0 Å². The fraction of sp³-hybridized carbons (Fsp3) is 1.00. The minimum atomic E-state index is 0.549. The van der Waals surface area contributed by atoms with Crippen molar-refractivity contribution in [2.24, 2.45) is 17.3 Å². The molecule has 0 atom stereocenters. The van der Waals surface area contributed by atoms with E-state index in [0.29, 0.717) is 17.6 Å². The Morgan fingerprint density at radius 3 is 2.04 bits per heavy atom. The Kier molecular flexibility index (Phi) is 6.26. The van der Waals surface area contributed by atoms with Gasteiger partial charge in [0.15, 0.2) is 0 Å². The Bertz CT molecular complexity index is 375. The summed E-state index contributed by atoms with van der Waals surface area (Å²) in [7, 11) is 0. The molecule has 24 heavy (non-hydrogen) atoms. The number of piperazine rings is 1. The van der Waals surface area contributed by atoms with Gasteiger partial charge in [0.1, 0.15) is 0 Å². The van der Waals surface area contributed by atoms with Gasteiger partial charge in [0.25, 0.3) is 0 Å². The van der Waals surface area contributed by atoms with Crippen LogP contribution in [0, 0.1) is 17.3 Å². The highest BCUT2D eigenvalue weighted by Crippen LogP contribution is 2.52. The van der Waals surface area contributed by atoms with Gasteiger partial charge in [-0.2, -0.15) is 0 Å². The van der Waals surface area contributed by atoms with Crippen molar-refractivity contribution in [2.75, 3.05) is 39.3 Å². The molecular formula is C21H40N2O. The minimum absolute atomic E-state index is 0.549. The predicted octanol–water partition coefficient (Wildman–Crippen LogP) is 4.02. The van der Waals surface area contributed by atoms with E-state index in [9.17, 15) is 0 Å². The van der Waals surface area contributed by atoms with E-state index >= 15 is 0 Å². The molecule has 3 rings (SSSR count). The van der Waals surface area contributed by atoms with E-state index in [2.05, 4.69) is 37.5 Å². The molecule has 3 nitrogen and oxygen atoms in total. The van der Waals surface area contributed by atoms with Crippen molar-refractivity contribution in [3.05, 3.63) is 0 Å². The van der Waals surface area contributed by atoms with E-state index < -0.39 is 0 Å². The predicted molar refractivity (Wildman–Crippen MR) is 101 cm³/mol. The smallest absolute Gasteiger partial charge is 0.0575 e. The molecule has 0 N–H and O–H groups in total. The topological polar surface area (TPSA) is 15.7 Å². The maximum absolute atomic E-state index is 6.33. The van der Waals surface area contributed by atoms with Gasteiger partial charge in [-0.3, -0.25) is 4.90 Å². The Morgan fingerprint density at radius 1 is 0.917 bits per heavy atom. The number of hydrogen-bond acceptors (Lipinski definition) is 3. The van der Waals surface area contributed by atoms with Crippen molar-refractivity contribution in [1.82, 2.24) is 9.80 Å². The van der Waals surface area contributed by atoms with Crippen LogP contribution in [0.4, 0.5) is 0 Å². The number of rotatable bonds is 7. The van der Waals surface area contributed by atoms with Crippen LogP contribution in [0.3, 0.4) is 0 Å². The maximum atomic E-state index is 6.33. The van der Waals surface area contributed by atoms with Crippen LogP contribution in [0.1, 0.15) is 66.2 Å². The number of ether oxygens (including phenoxy) is 1. The summed E-state index contributed by atoms with van der Waals surface area (Å²) in [5, 5.41) is 0. The lowest BCUT2D eigenvalue weighted by molar-refractivity contribution is -0.0194. The number of nitrogens with zero attached hydrogens (tertiary/aromatic N) is 2. The minimum Gasteiger partial charge on any atom is -0.378 e. The third-order valence-corrected chi connectivity index (χ3v) is 7.17. The van der Waals surface area contributed by atoms with Crippen molar-refractivity contribution in [2.45, 2.75) is 78.4 Å². The van der Waals surface area contributed by atoms with Crippen LogP contribution in [0.5, 0.6) is 0 Å². The summed E-state index contributed by atoms with van der Waals surface area (Å²) in [6.07, 6.45) is 8.68. The largest absolute Gasteiger partial charge is 0.378 e. The van der Waals surface area contributed by atoms with Gasteiger partial charge in [0, 0.05) is 38.8 Å². The van der Waals surface area contributed by atoms with Crippen LogP contribution < -0.4 is 0 Å². The van der Waals surface area contributed by atoms with Gasteiger partial charge < -0.3 is 9.64 Å². The SMILES string of the molecule is CC(C)N1CCN(CC2CCC(OCC3(C(C)C)CC3)CC2)CC1. The molecule has 0 amide bonds. The zero-order chi connectivity index (χ0) is 17.2. The summed E-state index contributed by atoms with van der Waals surface area (Å²) in [6, 6.07) is 0.709. The van der Waals surface area contributed by atoms with Gasteiger partial charge in [0.05, 0.1) is 12.7 Å². The first-order chi connectivity index (χ1) is 11.5. The molecule has 2 aliphatic carbocycles. The summed E-state index contributed by atoms with van der Waals surface area (Å²) in [5.41, 5.74) is 0.549. The molecule has 1 heterocycles. The van der Waals surface area contributed by atoms with Crippen molar-refractivity contribution in [3.63, 3.8) is 0 Å². The average molecular weight is 337 g/mol. The third kappa shape index (κ3) is 4.74. The van der Waals surface area contributed by atoms with Crippen molar-refractivity contribution < 1.29 is 4.74 Å².